The molecule has 2 aromatic heterocycles. The molecule has 0 radical (unpaired) electrons. The van der Waals surface area contributed by atoms with Gasteiger partial charge in [-0.1, -0.05) is 23.4 Å². The van der Waals surface area contributed by atoms with Gasteiger partial charge in [0.25, 0.3) is 0 Å². The Balaban J connectivity index is 1.87. The first kappa shape index (κ1) is 12.4. The molecule has 0 aliphatic carbocycles. The van der Waals surface area contributed by atoms with E-state index in [-0.39, 0.29) is 5.25 Å². The third-order valence-corrected chi connectivity index (χ3v) is 3.94. The monoisotopic (exact) mass is 294 g/mol. The summed E-state index contributed by atoms with van der Waals surface area (Å²) in [6.07, 6.45) is 0. The average Bonchev–Trinajstić information content (AvgIpc) is 2.94. The highest BCUT2D eigenvalue weighted by atomic mass is 35.5. The summed E-state index contributed by atoms with van der Waals surface area (Å²) in [7, 11) is 1.82. The Morgan fingerprint density at radius 2 is 2.26 bits per heavy atom. The first-order valence-electron chi connectivity index (χ1n) is 5.67. The number of aromatic amines is 1. The zero-order valence-corrected chi connectivity index (χ0v) is 11.9. The lowest BCUT2D eigenvalue weighted by molar-refractivity contribution is 0.678. The fourth-order valence-electron chi connectivity index (χ4n) is 1.82. The second kappa shape index (κ2) is 4.82. The van der Waals surface area contributed by atoms with E-state index in [2.05, 4.69) is 25.5 Å². The third kappa shape index (κ3) is 2.43. The number of thioether (sulfide) groups is 1. The van der Waals surface area contributed by atoms with Crippen LogP contribution in [0.25, 0.3) is 11.0 Å². The van der Waals surface area contributed by atoms with Crippen LogP contribution in [0.2, 0.25) is 5.02 Å². The van der Waals surface area contributed by atoms with E-state index in [0.717, 1.165) is 22.0 Å². The number of H-pyrrole nitrogens is 1. The lowest BCUT2D eigenvalue weighted by atomic mass is 10.3. The number of rotatable bonds is 3. The molecule has 3 rings (SSSR count). The van der Waals surface area contributed by atoms with Gasteiger partial charge in [-0.25, -0.2) is 9.67 Å². The summed E-state index contributed by atoms with van der Waals surface area (Å²) in [5.41, 5.74) is 1.83. The van der Waals surface area contributed by atoms with Gasteiger partial charge in [0.2, 0.25) is 0 Å². The van der Waals surface area contributed by atoms with Crippen LogP contribution in [0.3, 0.4) is 0 Å². The van der Waals surface area contributed by atoms with Gasteiger partial charge in [-0.15, -0.1) is 5.10 Å². The molecule has 98 valence electrons. The number of benzene rings is 1. The van der Waals surface area contributed by atoms with Gasteiger partial charge < -0.3 is 4.98 Å². The highest BCUT2D eigenvalue weighted by Crippen LogP contribution is 2.32. The zero-order valence-electron chi connectivity index (χ0n) is 10.3. The molecule has 1 atom stereocenters. The number of aromatic nitrogens is 6. The van der Waals surface area contributed by atoms with Crippen LogP contribution in [-0.2, 0) is 7.05 Å². The van der Waals surface area contributed by atoms with Crippen LogP contribution in [0, 0.1) is 0 Å². The second-order valence-corrected chi connectivity index (χ2v) is 5.89. The Morgan fingerprint density at radius 1 is 1.42 bits per heavy atom. The zero-order chi connectivity index (χ0) is 13.4. The molecule has 0 amide bonds. The molecule has 3 aromatic rings. The molecule has 0 saturated carbocycles. The molecular formula is C11H11ClN6S. The van der Waals surface area contributed by atoms with E-state index >= 15 is 0 Å². The van der Waals surface area contributed by atoms with Crippen LogP contribution in [0.1, 0.15) is 18.0 Å². The van der Waals surface area contributed by atoms with E-state index in [1.165, 1.54) is 0 Å². The Morgan fingerprint density at radius 3 is 3.00 bits per heavy atom. The Labute approximate surface area is 118 Å². The highest BCUT2D eigenvalue weighted by Gasteiger charge is 2.16. The van der Waals surface area contributed by atoms with Crippen LogP contribution in [0.15, 0.2) is 23.4 Å². The fraction of sp³-hybridized carbons (Fsp3) is 0.273. The van der Waals surface area contributed by atoms with Gasteiger partial charge in [-0.05, 0) is 35.5 Å². The average molecular weight is 295 g/mol. The molecule has 0 spiro atoms. The van der Waals surface area contributed by atoms with Crippen molar-refractivity contribution in [1.82, 2.24) is 30.2 Å². The molecule has 0 aliphatic heterocycles. The Hall–Kier alpha value is -1.60. The van der Waals surface area contributed by atoms with Crippen molar-refractivity contribution in [2.45, 2.75) is 17.3 Å². The van der Waals surface area contributed by atoms with Crippen molar-refractivity contribution in [2.24, 2.45) is 7.05 Å². The molecule has 6 nitrogen and oxygen atoms in total. The number of tetrazole rings is 1. The van der Waals surface area contributed by atoms with E-state index < -0.39 is 0 Å². The van der Waals surface area contributed by atoms with Crippen molar-refractivity contribution in [3.05, 3.63) is 29.0 Å². The summed E-state index contributed by atoms with van der Waals surface area (Å²) in [6, 6.07) is 5.59. The Kier molecular flexibility index (Phi) is 3.16. The smallest absolute Gasteiger partial charge is 0.167 e. The summed E-state index contributed by atoms with van der Waals surface area (Å²) in [6.45, 7) is 2.04. The van der Waals surface area contributed by atoms with Gasteiger partial charge in [-0.2, -0.15) is 0 Å². The van der Waals surface area contributed by atoms with Gasteiger partial charge in [0.05, 0.1) is 16.3 Å². The molecule has 19 heavy (non-hydrogen) atoms. The van der Waals surface area contributed by atoms with Gasteiger partial charge in [0, 0.05) is 12.1 Å². The van der Waals surface area contributed by atoms with Crippen LogP contribution < -0.4 is 0 Å². The minimum atomic E-state index is 0.107. The van der Waals surface area contributed by atoms with E-state index in [4.69, 9.17) is 11.6 Å². The van der Waals surface area contributed by atoms with Crippen molar-refractivity contribution >= 4 is 34.4 Å². The number of nitrogens with zero attached hydrogens (tertiary/aromatic N) is 5. The normalized spacial score (nSPS) is 13.0. The number of halogens is 1. The topological polar surface area (TPSA) is 72.3 Å². The van der Waals surface area contributed by atoms with E-state index in [1.807, 2.05) is 32.2 Å². The molecule has 1 aromatic carbocycles. The number of aryl methyl sites for hydroxylation is 1. The van der Waals surface area contributed by atoms with Crippen LogP contribution in [0.4, 0.5) is 0 Å². The standard InChI is InChI=1S/C11H11ClN6S/c1-6(10-15-16-17-18(10)2)19-11-13-8-4-3-7(12)5-9(8)14-11/h3-6H,1-2H3,(H,13,14)/t6-/m1/s1. The van der Waals surface area contributed by atoms with Crippen molar-refractivity contribution in [2.75, 3.05) is 0 Å². The number of fused-ring (bicyclic) bond motifs is 1. The summed E-state index contributed by atoms with van der Waals surface area (Å²) < 4.78 is 1.66. The first-order valence-corrected chi connectivity index (χ1v) is 6.93. The SMILES string of the molecule is C[C@@H](Sc1nc2ccc(Cl)cc2[nH]1)c1nnnn1C. The van der Waals surface area contributed by atoms with Gasteiger partial charge in [0.15, 0.2) is 11.0 Å². The summed E-state index contributed by atoms with van der Waals surface area (Å²) in [4.78, 5) is 7.74. The lowest BCUT2D eigenvalue weighted by Gasteiger charge is -2.06. The third-order valence-electron chi connectivity index (χ3n) is 2.73. The summed E-state index contributed by atoms with van der Waals surface area (Å²) in [5, 5.41) is 13.1. The molecule has 0 bridgehead atoms. The molecular weight excluding hydrogens is 284 g/mol. The highest BCUT2D eigenvalue weighted by molar-refractivity contribution is 7.99. The van der Waals surface area contributed by atoms with Crippen molar-refractivity contribution in [3.8, 4) is 0 Å². The maximum Gasteiger partial charge on any atom is 0.167 e. The minimum Gasteiger partial charge on any atom is -0.333 e. The van der Waals surface area contributed by atoms with Crippen molar-refractivity contribution in [3.63, 3.8) is 0 Å². The quantitative estimate of drug-likeness (QED) is 0.752. The maximum atomic E-state index is 5.95. The van der Waals surface area contributed by atoms with Gasteiger partial charge in [-0.3, -0.25) is 0 Å². The van der Waals surface area contributed by atoms with Crippen molar-refractivity contribution in [1.29, 1.82) is 0 Å². The molecule has 0 unspecified atom stereocenters. The minimum absolute atomic E-state index is 0.107. The van der Waals surface area contributed by atoms with E-state index in [9.17, 15) is 0 Å². The number of imidazole rings is 1. The largest absolute Gasteiger partial charge is 0.333 e. The number of nitrogens with one attached hydrogen (secondary N) is 1. The predicted molar refractivity (Wildman–Crippen MR) is 74.2 cm³/mol. The van der Waals surface area contributed by atoms with Crippen LogP contribution in [0.5, 0.6) is 0 Å². The molecule has 1 N–H and O–H groups in total. The summed E-state index contributed by atoms with van der Waals surface area (Å²) >= 11 is 7.53. The molecule has 0 fully saturated rings. The first-order chi connectivity index (χ1) is 9.13. The number of hydrogen-bond acceptors (Lipinski definition) is 5. The Bertz CT molecular complexity index is 721. The lowest BCUT2D eigenvalue weighted by Crippen LogP contribution is -2.01. The molecule has 2 heterocycles. The van der Waals surface area contributed by atoms with Crippen LogP contribution >= 0.6 is 23.4 Å². The maximum absolute atomic E-state index is 5.95. The summed E-state index contributed by atoms with van der Waals surface area (Å²) in [5.74, 6) is 0.809. The van der Waals surface area contributed by atoms with E-state index in [0.29, 0.717) is 5.02 Å². The van der Waals surface area contributed by atoms with Crippen LogP contribution in [-0.4, -0.2) is 30.2 Å². The number of hydrogen-bond donors (Lipinski definition) is 1. The molecule has 8 heteroatoms. The second-order valence-electron chi connectivity index (χ2n) is 4.12. The van der Waals surface area contributed by atoms with Gasteiger partial charge in [0.1, 0.15) is 0 Å². The van der Waals surface area contributed by atoms with E-state index in [1.54, 1.807) is 16.4 Å². The van der Waals surface area contributed by atoms with Gasteiger partial charge >= 0.3 is 0 Å². The predicted octanol–water partition coefficient (Wildman–Crippen LogP) is 2.59. The fourth-order valence-corrected chi connectivity index (χ4v) is 2.95. The van der Waals surface area contributed by atoms with Crippen molar-refractivity contribution < 1.29 is 0 Å². The molecule has 0 saturated heterocycles. The molecule has 0 aliphatic rings.